The Labute approximate surface area is 91.5 Å². The van der Waals surface area contributed by atoms with Gasteiger partial charge >= 0.3 is 0 Å². The van der Waals surface area contributed by atoms with Crippen LogP contribution in [0.2, 0.25) is 5.02 Å². The van der Waals surface area contributed by atoms with Gasteiger partial charge in [0, 0.05) is 16.8 Å². The van der Waals surface area contributed by atoms with Crippen LogP contribution in [0.15, 0.2) is 18.2 Å². The van der Waals surface area contributed by atoms with E-state index in [9.17, 15) is 0 Å². The topological polar surface area (TPSA) is 12.0 Å². The fourth-order valence-electron chi connectivity index (χ4n) is 1.53. The molecule has 14 heavy (non-hydrogen) atoms. The minimum absolute atomic E-state index is 0.511. The number of anilines is 1. The molecular weight excluding hydrogens is 194 g/mol. The molecule has 1 nitrogen and oxygen atoms in total. The number of halogens is 1. The maximum atomic E-state index is 6.03. The van der Waals surface area contributed by atoms with Crippen molar-refractivity contribution in [2.75, 3.05) is 5.32 Å². The van der Waals surface area contributed by atoms with Crippen LogP contribution in [0.1, 0.15) is 32.3 Å². The summed E-state index contributed by atoms with van der Waals surface area (Å²) in [5.74, 6) is 0. The van der Waals surface area contributed by atoms with Crippen molar-refractivity contribution >= 4 is 17.3 Å². The van der Waals surface area contributed by atoms with Crippen LogP contribution >= 0.6 is 11.6 Å². The van der Waals surface area contributed by atoms with Crippen LogP contribution in [-0.4, -0.2) is 6.04 Å². The van der Waals surface area contributed by atoms with Crippen molar-refractivity contribution in [1.29, 1.82) is 0 Å². The maximum absolute atomic E-state index is 6.03. The lowest BCUT2D eigenvalue weighted by atomic mass is 10.1. The zero-order chi connectivity index (χ0) is 10.6. The van der Waals surface area contributed by atoms with E-state index in [4.69, 9.17) is 11.6 Å². The van der Waals surface area contributed by atoms with Gasteiger partial charge in [-0.15, -0.1) is 0 Å². The van der Waals surface area contributed by atoms with Crippen LogP contribution in [0.3, 0.4) is 0 Å². The Balaban J connectivity index is 2.71. The molecule has 0 spiro atoms. The Morgan fingerprint density at radius 3 is 2.79 bits per heavy atom. The quantitative estimate of drug-likeness (QED) is 0.785. The summed E-state index contributed by atoms with van der Waals surface area (Å²) in [6.45, 7) is 6.44. The van der Waals surface area contributed by atoms with Gasteiger partial charge in [0.25, 0.3) is 0 Å². The predicted molar refractivity (Wildman–Crippen MR) is 64.2 cm³/mol. The Morgan fingerprint density at radius 2 is 2.14 bits per heavy atom. The second-order valence-electron chi connectivity index (χ2n) is 3.75. The van der Waals surface area contributed by atoms with E-state index in [-0.39, 0.29) is 0 Å². The van der Waals surface area contributed by atoms with E-state index >= 15 is 0 Å². The standard InChI is InChI=1S/C12H18ClN/c1-4-6-9(2)14-12-8-5-7-11(13)10(12)3/h5,7-9,14H,4,6H2,1-3H3. The molecule has 1 aromatic carbocycles. The van der Waals surface area contributed by atoms with Crippen LogP contribution in [0.4, 0.5) is 5.69 Å². The van der Waals surface area contributed by atoms with Crippen molar-refractivity contribution in [3.05, 3.63) is 28.8 Å². The van der Waals surface area contributed by atoms with Crippen molar-refractivity contribution in [3.63, 3.8) is 0 Å². The van der Waals surface area contributed by atoms with E-state index < -0.39 is 0 Å². The van der Waals surface area contributed by atoms with Crippen molar-refractivity contribution in [1.82, 2.24) is 0 Å². The number of hydrogen-bond acceptors (Lipinski definition) is 1. The third kappa shape index (κ3) is 2.91. The average molecular weight is 212 g/mol. The van der Waals surface area contributed by atoms with Gasteiger partial charge in [0.2, 0.25) is 0 Å². The first-order valence-electron chi connectivity index (χ1n) is 5.16. The highest BCUT2D eigenvalue weighted by molar-refractivity contribution is 6.31. The molecule has 2 heteroatoms. The Hall–Kier alpha value is -0.690. The summed E-state index contributed by atoms with van der Waals surface area (Å²) in [7, 11) is 0. The fourth-order valence-corrected chi connectivity index (χ4v) is 1.71. The third-order valence-corrected chi connectivity index (χ3v) is 2.80. The molecule has 0 aliphatic heterocycles. The molecular formula is C12H18ClN. The second kappa shape index (κ2) is 5.26. The van der Waals surface area contributed by atoms with Crippen molar-refractivity contribution < 1.29 is 0 Å². The van der Waals surface area contributed by atoms with Crippen molar-refractivity contribution in [2.45, 2.75) is 39.7 Å². The largest absolute Gasteiger partial charge is 0.382 e. The van der Waals surface area contributed by atoms with Gasteiger partial charge in [-0.2, -0.15) is 0 Å². The predicted octanol–water partition coefficient (Wildman–Crippen LogP) is 4.25. The van der Waals surface area contributed by atoms with E-state index in [0.29, 0.717) is 6.04 Å². The maximum Gasteiger partial charge on any atom is 0.0455 e. The molecule has 0 aliphatic rings. The van der Waals surface area contributed by atoms with Crippen molar-refractivity contribution in [3.8, 4) is 0 Å². The van der Waals surface area contributed by atoms with Crippen molar-refractivity contribution in [2.24, 2.45) is 0 Å². The Morgan fingerprint density at radius 1 is 1.43 bits per heavy atom. The van der Waals surface area contributed by atoms with Gasteiger partial charge < -0.3 is 5.32 Å². The van der Waals surface area contributed by atoms with E-state index in [1.54, 1.807) is 0 Å². The summed E-state index contributed by atoms with van der Waals surface area (Å²) in [4.78, 5) is 0. The van der Waals surface area contributed by atoms with Gasteiger partial charge in [0.1, 0.15) is 0 Å². The molecule has 0 aliphatic carbocycles. The fraction of sp³-hybridized carbons (Fsp3) is 0.500. The minimum Gasteiger partial charge on any atom is -0.382 e. The molecule has 0 saturated heterocycles. The van der Waals surface area contributed by atoms with Crippen LogP contribution in [0.5, 0.6) is 0 Å². The molecule has 1 N–H and O–H groups in total. The van der Waals surface area contributed by atoms with Crippen LogP contribution < -0.4 is 5.32 Å². The Bertz CT molecular complexity index is 296. The van der Waals surface area contributed by atoms with E-state index in [1.165, 1.54) is 12.8 Å². The average Bonchev–Trinajstić information content (AvgIpc) is 2.13. The molecule has 1 atom stereocenters. The van der Waals surface area contributed by atoms with Gasteiger partial charge in [-0.1, -0.05) is 31.0 Å². The van der Waals surface area contributed by atoms with E-state index in [0.717, 1.165) is 16.3 Å². The van der Waals surface area contributed by atoms with Gasteiger partial charge in [0.15, 0.2) is 0 Å². The van der Waals surface area contributed by atoms with Crippen LogP contribution in [0, 0.1) is 6.92 Å². The van der Waals surface area contributed by atoms with Gasteiger partial charge in [-0.05, 0) is 38.0 Å². The zero-order valence-electron chi connectivity index (χ0n) is 9.10. The van der Waals surface area contributed by atoms with Gasteiger partial charge in [-0.25, -0.2) is 0 Å². The number of nitrogens with one attached hydrogen (secondary N) is 1. The monoisotopic (exact) mass is 211 g/mol. The molecule has 0 heterocycles. The van der Waals surface area contributed by atoms with E-state index in [2.05, 4.69) is 25.2 Å². The SMILES string of the molecule is CCCC(C)Nc1cccc(Cl)c1C. The summed E-state index contributed by atoms with van der Waals surface area (Å²) < 4.78 is 0. The van der Waals surface area contributed by atoms with Crippen LogP contribution in [-0.2, 0) is 0 Å². The molecule has 0 amide bonds. The summed E-state index contributed by atoms with van der Waals surface area (Å²) >= 11 is 6.03. The third-order valence-electron chi connectivity index (χ3n) is 2.39. The molecule has 0 bridgehead atoms. The molecule has 0 fully saturated rings. The van der Waals surface area contributed by atoms with Gasteiger partial charge in [0.05, 0.1) is 0 Å². The highest BCUT2D eigenvalue weighted by atomic mass is 35.5. The van der Waals surface area contributed by atoms with Crippen LogP contribution in [0.25, 0.3) is 0 Å². The molecule has 0 radical (unpaired) electrons. The first-order chi connectivity index (χ1) is 6.65. The molecule has 1 unspecified atom stereocenters. The summed E-state index contributed by atoms with van der Waals surface area (Å²) in [6, 6.07) is 6.49. The number of hydrogen-bond donors (Lipinski definition) is 1. The van der Waals surface area contributed by atoms with Gasteiger partial charge in [-0.3, -0.25) is 0 Å². The first-order valence-corrected chi connectivity index (χ1v) is 5.54. The summed E-state index contributed by atoms with van der Waals surface area (Å²) in [6.07, 6.45) is 2.39. The molecule has 78 valence electrons. The normalized spacial score (nSPS) is 12.6. The summed E-state index contributed by atoms with van der Waals surface area (Å²) in [5, 5.41) is 4.30. The second-order valence-corrected chi connectivity index (χ2v) is 4.15. The minimum atomic E-state index is 0.511. The number of benzene rings is 1. The smallest absolute Gasteiger partial charge is 0.0455 e. The molecule has 0 aromatic heterocycles. The first kappa shape index (κ1) is 11.4. The lowest BCUT2D eigenvalue weighted by Crippen LogP contribution is -2.15. The lowest BCUT2D eigenvalue weighted by Gasteiger charge is -2.16. The number of rotatable bonds is 4. The Kier molecular flexibility index (Phi) is 4.27. The molecule has 1 rings (SSSR count). The summed E-state index contributed by atoms with van der Waals surface area (Å²) in [5.41, 5.74) is 2.29. The van der Waals surface area contributed by atoms with E-state index in [1.807, 2.05) is 19.1 Å². The molecule has 0 saturated carbocycles. The lowest BCUT2D eigenvalue weighted by molar-refractivity contribution is 0.690. The zero-order valence-corrected chi connectivity index (χ0v) is 9.86. The highest BCUT2D eigenvalue weighted by Gasteiger charge is 2.04. The highest BCUT2D eigenvalue weighted by Crippen LogP contribution is 2.23. The molecule has 1 aromatic rings.